The van der Waals surface area contributed by atoms with Gasteiger partial charge in [0.15, 0.2) is 0 Å². The molecule has 0 aromatic heterocycles. The van der Waals surface area contributed by atoms with E-state index < -0.39 is 0 Å². The maximum atomic E-state index is 8.64. The maximum Gasteiger partial charge on any atom is 0.0809 e. The summed E-state index contributed by atoms with van der Waals surface area (Å²) in [6.07, 6.45) is 0.856. The molecule has 0 unspecified atom stereocenters. The van der Waals surface area contributed by atoms with Gasteiger partial charge in [-0.05, 0) is 20.3 Å². The van der Waals surface area contributed by atoms with Crippen molar-refractivity contribution in [2.24, 2.45) is 4.99 Å². The van der Waals surface area contributed by atoms with E-state index >= 15 is 0 Å². The average Bonchev–Trinajstić information content (AvgIpc) is 1.82. The van der Waals surface area contributed by atoms with Crippen molar-refractivity contribution in [3.05, 3.63) is 0 Å². The predicted octanol–water partition coefficient (Wildman–Crippen LogP) is 1.24. The van der Waals surface area contributed by atoms with Gasteiger partial charge in [-0.25, -0.2) is 0 Å². The molecule has 0 atom stereocenters. The molecule has 1 N–H and O–H groups in total. The number of nitrogens with zero attached hydrogens (tertiary/aromatic N) is 1. The predicted molar refractivity (Wildman–Crippen MR) is 39.9 cm³/mol. The molecule has 0 fully saturated rings. The minimum atomic E-state index is 0.106. The molecule has 0 heterocycles. The van der Waals surface area contributed by atoms with E-state index in [1.54, 1.807) is 0 Å². The third-order valence-electron chi connectivity index (χ3n) is 1.03. The third kappa shape index (κ3) is 4.15. The highest BCUT2D eigenvalue weighted by Crippen LogP contribution is 1.91. The summed E-state index contributed by atoms with van der Waals surface area (Å²) in [4.78, 5) is 4.18. The second-order valence-electron chi connectivity index (χ2n) is 2.30. The fraction of sp³-hybridized carbons (Fsp3) is 0.857. The van der Waals surface area contributed by atoms with Crippen molar-refractivity contribution in [2.45, 2.75) is 33.2 Å². The Morgan fingerprint density at radius 1 is 1.56 bits per heavy atom. The summed E-state index contributed by atoms with van der Waals surface area (Å²) in [6, 6.07) is 0.312. The van der Waals surface area contributed by atoms with Crippen molar-refractivity contribution < 1.29 is 5.11 Å². The van der Waals surface area contributed by atoms with E-state index in [0.29, 0.717) is 6.04 Å². The number of hydrogen-bond donors (Lipinski definition) is 1. The molecule has 0 saturated carbocycles. The molecule has 0 rings (SSSR count). The van der Waals surface area contributed by atoms with Crippen LogP contribution in [0.2, 0.25) is 0 Å². The number of hydrogen-bond acceptors (Lipinski definition) is 2. The largest absolute Gasteiger partial charge is 0.390 e. The lowest BCUT2D eigenvalue weighted by atomic mass is 10.3. The van der Waals surface area contributed by atoms with Crippen molar-refractivity contribution in [1.29, 1.82) is 0 Å². The summed E-state index contributed by atoms with van der Waals surface area (Å²) in [5.41, 5.74) is 0.894. The molecule has 2 nitrogen and oxygen atoms in total. The topological polar surface area (TPSA) is 32.6 Å². The summed E-state index contributed by atoms with van der Waals surface area (Å²) in [7, 11) is 0. The summed E-state index contributed by atoms with van der Waals surface area (Å²) in [5, 5.41) is 8.64. The van der Waals surface area contributed by atoms with Gasteiger partial charge in [0.05, 0.1) is 6.61 Å². The molecule has 0 aliphatic carbocycles. The van der Waals surface area contributed by atoms with Gasteiger partial charge in [-0.15, -0.1) is 0 Å². The summed E-state index contributed by atoms with van der Waals surface area (Å²) < 4.78 is 0. The number of aliphatic hydroxyl groups excluding tert-OH is 1. The minimum absolute atomic E-state index is 0.106. The van der Waals surface area contributed by atoms with Crippen LogP contribution in [-0.2, 0) is 0 Å². The van der Waals surface area contributed by atoms with Crippen LogP contribution in [-0.4, -0.2) is 23.5 Å². The Balaban J connectivity index is 3.75. The molecule has 0 aliphatic rings. The van der Waals surface area contributed by atoms with E-state index in [9.17, 15) is 0 Å². The Labute approximate surface area is 56.6 Å². The van der Waals surface area contributed by atoms with Crippen LogP contribution in [0.4, 0.5) is 0 Å². The molecule has 0 aromatic rings. The van der Waals surface area contributed by atoms with Gasteiger partial charge in [0.2, 0.25) is 0 Å². The highest BCUT2D eigenvalue weighted by Gasteiger charge is 1.93. The zero-order valence-corrected chi connectivity index (χ0v) is 6.39. The van der Waals surface area contributed by atoms with E-state index in [-0.39, 0.29) is 6.61 Å². The smallest absolute Gasteiger partial charge is 0.0809 e. The molecule has 0 bridgehead atoms. The van der Waals surface area contributed by atoms with Gasteiger partial charge in [-0.2, -0.15) is 0 Å². The minimum Gasteiger partial charge on any atom is -0.390 e. The van der Waals surface area contributed by atoms with Crippen LogP contribution in [0.3, 0.4) is 0 Å². The highest BCUT2D eigenvalue weighted by molar-refractivity contribution is 5.85. The Morgan fingerprint density at radius 3 is 2.22 bits per heavy atom. The van der Waals surface area contributed by atoms with E-state index in [1.807, 2.05) is 20.8 Å². The Hall–Kier alpha value is -0.370. The van der Waals surface area contributed by atoms with Crippen LogP contribution < -0.4 is 0 Å². The van der Waals surface area contributed by atoms with Gasteiger partial charge in [-0.3, -0.25) is 4.99 Å². The molecular formula is C7H15NO. The summed E-state index contributed by atoms with van der Waals surface area (Å²) in [5.74, 6) is 0. The fourth-order valence-electron chi connectivity index (χ4n) is 0.609. The molecule has 2 heteroatoms. The zero-order chi connectivity index (χ0) is 7.28. The van der Waals surface area contributed by atoms with Crippen molar-refractivity contribution in [2.75, 3.05) is 6.61 Å². The second-order valence-corrected chi connectivity index (χ2v) is 2.30. The standard InChI is InChI=1S/C7H15NO/c1-4-7(5-9)8-6(2)3/h6,9H,4-5H2,1-3H3. The first-order valence-corrected chi connectivity index (χ1v) is 3.37. The molecule has 0 spiro atoms. The Kier molecular flexibility index (Phi) is 4.32. The highest BCUT2D eigenvalue weighted by atomic mass is 16.3. The van der Waals surface area contributed by atoms with Gasteiger partial charge < -0.3 is 5.11 Å². The molecule has 0 aromatic carbocycles. The van der Waals surface area contributed by atoms with Gasteiger partial charge in [0.25, 0.3) is 0 Å². The van der Waals surface area contributed by atoms with Crippen LogP contribution in [0.15, 0.2) is 4.99 Å². The lowest BCUT2D eigenvalue weighted by Gasteiger charge is -2.00. The molecule has 0 saturated heterocycles. The number of rotatable bonds is 3. The van der Waals surface area contributed by atoms with Crippen molar-refractivity contribution in [1.82, 2.24) is 0 Å². The van der Waals surface area contributed by atoms with Gasteiger partial charge >= 0.3 is 0 Å². The first-order valence-electron chi connectivity index (χ1n) is 3.37. The maximum absolute atomic E-state index is 8.64. The first-order chi connectivity index (χ1) is 4.20. The van der Waals surface area contributed by atoms with Crippen LogP contribution in [0, 0.1) is 0 Å². The normalized spacial score (nSPS) is 12.8. The lowest BCUT2D eigenvalue weighted by molar-refractivity contribution is 0.354. The average molecular weight is 129 g/mol. The molecule has 0 amide bonds. The van der Waals surface area contributed by atoms with E-state index in [0.717, 1.165) is 12.1 Å². The first kappa shape index (κ1) is 8.63. The van der Waals surface area contributed by atoms with Crippen molar-refractivity contribution in [3.8, 4) is 0 Å². The third-order valence-corrected chi connectivity index (χ3v) is 1.03. The van der Waals surface area contributed by atoms with Crippen LogP contribution >= 0.6 is 0 Å². The zero-order valence-electron chi connectivity index (χ0n) is 6.39. The van der Waals surface area contributed by atoms with Crippen LogP contribution in [0.25, 0.3) is 0 Å². The van der Waals surface area contributed by atoms with Crippen molar-refractivity contribution >= 4 is 5.71 Å². The molecular weight excluding hydrogens is 114 g/mol. The van der Waals surface area contributed by atoms with Gasteiger partial charge in [0.1, 0.15) is 0 Å². The summed E-state index contributed by atoms with van der Waals surface area (Å²) >= 11 is 0. The van der Waals surface area contributed by atoms with Crippen LogP contribution in [0.1, 0.15) is 27.2 Å². The summed E-state index contributed by atoms with van der Waals surface area (Å²) in [6.45, 7) is 6.11. The quantitative estimate of drug-likeness (QED) is 0.571. The van der Waals surface area contributed by atoms with Gasteiger partial charge in [-0.1, -0.05) is 6.92 Å². The number of aliphatic imine (C=N–C) groups is 1. The lowest BCUT2D eigenvalue weighted by Crippen LogP contribution is -2.05. The number of aliphatic hydroxyl groups is 1. The van der Waals surface area contributed by atoms with E-state index in [2.05, 4.69) is 4.99 Å². The van der Waals surface area contributed by atoms with Gasteiger partial charge in [0, 0.05) is 11.8 Å². The Bertz CT molecular complexity index is 91.1. The van der Waals surface area contributed by atoms with E-state index in [1.165, 1.54) is 0 Å². The molecule has 0 radical (unpaired) electrons. The van der Waals surface area contributed by atoms with Crippen LogP contribution in [0.5, 0.6) is 0 Å². The molecule has 9 heavy (non-hydrogen) atoms. The SMILES string of the molecule is CCC(CO)=NC(C)C. The van der Waals surface area contributed by atoms with E-state index in [4.69, 9.17) is 5.11 Å². The van der Waals surface area contributed by atoms with Crippen molar-refractivity contribution in [3.63, 3.8) is 0 Å². The second kappa shape index (κ2) is 4.50. The molecule has 54 valence electrons. The fourth-order valence-corrected chi connectivity index (χ4v) is 0.609. The Morgan fingerprint density at radius 2 is 2.11 bits per heavy atom. The monoisotopic (exact) mass is 129 g/mol. The molecule has 0 aliphatic heterocycles.